The predicted molar refractivity (Wildman–Crippen MR) is 96.1 cm³/mol. The lowest BCUT2D eigenvalue weighted by Gasteiger charge is -2.11. The van der Waals surface area contributed by atoms with E-state index in [4.69, 9.17) is 11.6 Å². The Morgan fingerprint density at radius 3 is 2.67 bits per heavy atom. The van der Waals surface area contributed by atoms with Gasteiger partial charge in [-0.1, -0.05) is 56.1 Å². The van der Waals surface area contributed by atoms with Crippen molar-refractivity contribution in [3.05, 3.63) is 51.9 Å². The fourth-order valence-corrected chi connectivity index (χ4v) is 3.43. The lowest BCUT2D eigenvalue weighted by Crippen LogP contribution is -2.18. The molecule has 0 bridgehead atoms. The number of benzene rings is 1. The number of hydrogen-bond donors (Lipinski definition) is 1. The van der Waals surface area contributed by atoms with Gasteiger partial charge in [-0.05, 0) is 36.7 Å². The molecule has 0 aliphatic heterocycles. The van der Waals surface area contributed by atoms with Crippen LogP contribution in [-0.4, -0.2) is 13.1 Å². The van der Waals surface area contributed by atoms with Gasteiger partial charge in [0.15, 0.2) is 0 Å². The topological polar surface area (TPSA) is 12.0 Å². The number of hydrogen-bond acceptors (Lipinski definition) is 2. The quantitative estimate of drug-likeness (QED) is 0.718. The fraction of sp³-hybridized carbons (Fsp3) is 0.333. The van der Waals surface area contributed by atoms with Gasteiger partial charge in [-0.15, -0.1) is 11.3 Å². The van der Waals surface area contributed by atoms with Gasteiger partial charge in [-0.25, -0.2) is 0 Å². The Hall–Kier alpha value is -1.09. The van der Waals surface area contributed by atoms with Crippen LogP contribution in [0.5, 0.6) is 0 Å². The van der Waals surface area contributed by atoms with Crippen molar-refractivity contribution in [3.63, 3.8) is 0 Å². The Labute approximate surface area is 136 Å². The molecule has 0 saturated heterocycles. The van der Waals surface area contributed by atoms with Crippen molar-refractivity contribution < 1.29 is 0 Å². The molecule has 21 heavy (non-hydrogen) atoms. The van der Waals surface area contributed by atoms with Gasteiger partial charge in [0.2, 0.25) is 0 Å². The molecule has 2 aromatic rings. The van der Waals surface area contributed by atoms with Gasteiger partial charge in [-0.3, -0.25) is 0 Å². The highest BCUT2D eigenvalue weighted by atomic mass is 35.5. The summed E-state index contributed by atoms with van der Waals surface area (Å²) >= 11 is 8.06. The van der Waals surface area contributed by atoms with E-state index in [-0.39, 0.29) is 0 Å². The van der Waals surface area contributed by atoms with Gasteiger partial charge in [0.1, 0.15) is 0 Å². The van der Waals surface area contributed by atoms with Crippen molar-refractivity contribution in [2.75, 3.05) is 13.1 Å². The van der Waals surface area contributed by atoms with Crippen molar-refractivity contribution in [3.8, 4) is 10.4 Å². The SMILES string of the molecule is CCNCC(=Cc1ccc(-c2ccccc2Cl)s1)C(C)C. The Morgan fingerprint density at radius 1 is 1.24 bits per heavy atom. The number of likely N-dealkylation sites (N-methyl/N-ethyl adjacent to an activating group) is 1. The molecular formula is C18H22ClNS. The summed E-state index contributed by atoms with van der Waals surface area (Å²) in [6.45, 7) is 8.57. The largest absolute Gasteiger partial charge is 0.313 e. The molecule has 3 heteroatoms. The lowest BCUT2D eigenvalue weighted by molar-refractivity contribution is 0.683. The highest BCUT2D eigenvalue weighted by Crippen LogP contribution is 2.34. The Bertz CT molecular complexity index is 613. The van der Waals surface area contributed by atoms with E-state index in [1.807, 2.05) is 18.2 Å². The summed E-state index contributed by atoms with van der Waals surface area (Å²) in [6, 6.07) is 12.3. The van der Waals surface area contributed by atoms with Gasteiger partial charge >= 0.3 is 0 Å². The minimum Gasteiger partial charge on any atom is -0.313 e. The maximum absolute atomic E-state index is 6.27. The first-order valence-corrected chi connectivity index (χ1v) is 8.57. The predicted octanol–water partition coefficient (Wildman–Crippen LogP) is 5.72. The Morgan fingerprint density at radius 2 is 2.00 bits per heavy atom. The molecule has 0 amide bonds. The zero-order valence-electron chi connectivity index (χ0n) is 12.8. The van der Waals surface area contributed by atoms with E-state index in [1.165, 1.54) is 15.3 Å². The molecule has 0 saturated carbocycles. The second-order valence-corrected chi connectivity index (χ2v) is 6.86. The molecule has 0 fully saturated rings. The average molecular weight is 320 g/mol. The van der Waals surface area contributed by atoms with Crippen molar-refractivity contribution in [1.82, 2.24) is 5.32 Å². The van der Waals surface area contributed by atoms with Crippen LogP contribution in [0.25, 0.3) is 16.5 Å². The van der Waals surface area contributed by atoms with E-state index in [1.54, 1.807) is 11.3 Å². The van der Waals surface area contributed by atoms with E-state index in [0.717, 1.165) is 23.7 Å². The first-order valence-electron chi connectivity index (χ1n) is 7.37. The highest BCUT2D eigenvalue weighted by Gasteiger charge is 2.07. The second-order valence-electron chi connectivity index (χ2n) is 5.34. The molecule has 112 valence electrons. The van der Waals surface area contributed by atoms with Crippen LogP contribution in [0.1, 0.15) is 25.6 Å². The van der Waals surface area contributed by atoms with Crippen molar-refractivity contribution in [2.45, 2.75) is 20.8 Å². The normalized spacial score (nSPS) is 12.1. The molecular weight excluding hydrogens is 298 g/mol. The van der Waals surface area contributed by atoms with E-state index < -0.39 is 0 Å². The first kappa shape index (κ1) is 16.3. The highest BCUT2D eigenvalue weighted by molar-refractivity contribution is 7.16. The number of halogens is 1. The van der Waals surface area contributed by atoms with Gasteiger partial charge < -0.3 is 5.32 Å². The minimum absolute atomic E-state index is 0.551. The Kier molecular flexibility index (Phi) is 6.04. The van der Waals surface area contributed by atoms with Crippen LogP contribution in [-0.2, 0) is 0 Å². The van der Waals surface area contributed by atoms with Gasteiger partial charge in [0, 0.05) is 26.9 Å². The summed E-state index contributed by atoms with van der Waals surface area (Å²) in [7, 11) is 0. The van der Waals surface area contributed by atoms with Crippen LogP contribution in [0.3, 0.4) is 0 Å². The van der Waals surface area contributed by atoms with Crippen molar-refractivity contribution in [2.24, 2.45) is 5.92 Å². The molecule has 1 N–H and O–H groups in total. The molecule has 2 rings (SSSR count). The smallest absolute Gasteiger partial charge is 0.0492 e. The number of thiophene rings is 1. The number of nitrogens with one attached hydrogen (secondary N) is 1. The fourth-order valence-electron chi connectivity index (χ4n) is 2.11. The van der Waals surface area contributed by atoms with Crippen molar-refractivity contribution >= 4 is 29.0 Å². The van der Waals surface area contributed by atoms with Crippen molar-refractivity contribution in [1.29, 1.82) is 0 Å². The lowest BCUT2D eigenvalue weighted by atomic mass is 10.0. The summed E-state index contributed by atoms with van der Waals surface area (Å²) in [6.07, 6.45) is 2.30. The van der Waals surface area contributed by atoms with Crippen LogP contribution < -0.4 is 5.32 Å². The zero-order valence-corrected chi connectivity index (χ0v) is 14.4. The Balaban J connectivity index is 2.24. The monoisotopic (exact) mass is 319 g/mol. The maximum Gasteiger partial charge on any atom is 0.0492 e. The van der Waals surface area contributed by atoms with Gasteiger partial charge in [-0.2, -0.15) is 0 Å². The average Bonchev–Trinajstić information content (AvgIpc) is 2.92. The third kappa shape index (κ3) is 4.44. The molecule has 0 radical (unpaired) electrons. The summed E-state index contributed by atoms with van der Waals surface area (Å²) < 4.78 is 0. The zero-order chi connectivity index (χ0) is 15.2. The van der Waals surface area contributed by atoms with Crippen LogP contribution in [0, 0.1) is 5.92 Å². The van der Waals surface area contributed by atoms with E-state index in [2.05, 4.69) is 50.4 Å². The van der Waals surface area contributed by atoms with E-state index in [9.17, 15) is 0 Å². The molecule has 1 aromatic carbocycles. The molecule has 0 aliphatic carbocycles. The van der Waals surface area contributed by atoms with Crippen LogP contribution in [0.15, 0.2) is 42.0 Å². The first-order chi connectivity index (χ1) is 10.1. The molecule has 1 aromatic heterocycles. The standard InChI is InChI=1S/C18H22ClNS/c1-4-20-12-14(13(2)3)11-15-9-10-18(21-15)16-7-5-6-8-17(16)19/h5-11,13,20H,4,12H2,1-3H3. The maximum atomic E-state index is 6.27. The third-order valence-corrected chi connectivity index (χ3v) is 4.81. The molecule has 0 unspecified atom stereocenters. The van der Waals surface area contributed by atoms with E-state index >= 15 is 0 Å². The molecule has 0 aliphatic rings. The van der Waals surface area contributed by atoms with Crippen LogP contribution >= 0.6 is 22.9 Å². The third-order valence-electron chi connectivity index (χ3n) is 3.41. The van der Waals surface area contributed by atoms with Crippen LogP contribution in [0.2, 0.25) is 5.02 Å². The second kappa shape index (κ2) is 7.79. The minimum atomic E-state index is 0.551. The van der Waals surface area contributed by atoms with Gasteiger partial charge in [0.25, 0.3) is 0 Å². The molecule has 0 atom stereocenters. The van der Waals surface area contributed by atoms with Gasteiger partial charge in [0.05, 0.1) is 0 Å². The summed E-state index contributed by atoms with van der Waals surface area (Å²) in [5.41, 5.74) is 2.55. The molecule has 0 spiro atoms. The molecule has 1 heterocycles. The molecule has 1 nitrogen and oxygen atoms in total. The summed E-state index contributed by atoms with van der Waals surface area (Å²) in [5, 5.41) is 4.22. The van der Waals surface area contributed by atoms with E-state index in [0.29, 0.717) is 5.92 Å². The number of rotatable bonds is 6. The summed E-state index contributed by atoms with van der Waals surface area (Å²) in [5.74, 6) is 0.551. The summed E-state index contributed by atoms with van der Waals surface area (Å²) in [4.78, 5) is 2.50. The van der Waals surface area contributed by atoms with Crippen LogP contribution in [0.4, 0.5) is 0 Å².